The standard InChI is InChI=1S/C10H11O2/c1-8(2)12-10(11)9-6-4-3-5-7-9/h3-8H,1H2,2H3. The zero-order valence-electron chi connectivity index (χ0n) is 6.99. The van der Waals surface area contributed by atoms with E-state index in [0.717, 1.165) is 0 Å². The second kappa shape index (κ2) is 3.90. The van der Waals surface area contributed by atoms with Crippen LogP contribution in [0.5, 0.6) is 0 Å². The van der Waals surface area contributed by atoms with Crippen LogP contribution >= 0.6 is 0 Å². The maximum absolute atomic E-state index is 11.2. The van der Waals surface area contributed by atoms with E-state index in [1.807, 2.05) is 6.07 Å². The Morgan fingerprint density at radius 1 is 1.42 bits per heavy atom. The molecule has 0 fully saturated rings. The molecular weight excluding hydrogens is 152 g/mol. The summed E-state index contributed by atoms with van der Waals surface area (Å²) in [6.07, 6.45) is -0.308. The average molecular weight is 163 g/mol. The molecule has 1 aromatic carbocycles. The third-order valence-electron chi connectivity index (χ3n) is 1.32. The number of hydrogen-bond acceptors (Lipinski definition) is 2. The van der Waals surface area contributed by atoms with Crippen molar-refractivity contribution in [3.63, 3.8) is 0 Å². The number of hydrogen-bond donors (Lipinski definition) is 0. The summed E-state index contributed by atoms with van der Waals surface area (Å²) in [6, 6.07) is 8.87. The van der Waals surface area contributed by atoms with E-state index in [1.165, 1.54) is 0 Å². The molecule has 0 aliphatic rings. The first-order chi connectivity index (χ1) is 5.70. The molecule has 0 bridgehead atoms. The molecule has 12 heavy (non-hydrogen) atoms. The van der Waals surface area contributed by atoms with Crippen LogP contribution in [-0.2, 0) is 4.74 Å². The molecule has 0 saturated carbocycles. The number of carbonyl (C=O) groups excluding carboxylic acids is 1. The molecule has 0 amide bonds. The number of carbonyl (C=O) groups is 1. The second-order valence-electron chi connectivity index (χ2n) is 2.58. The van der Waals surface area contributed by atoms with Gasteiger partial charge in [-0.25, -0.2) is 4.79 Å². The molecule has 1 unspecified atom stereocenters. The van der Waals surface area contributed by atoms with Gasteiger partial charge in [0.1, 0.15) is 0 Å². The van der Waals surface area contributed by atoms with Gasteiger partial charge in [0.15, 0.2) is 0 Å². The van der Waals surface area contributed by atoms with Gasteiger partial charge in [0.2, 0.25) is 0 Å². The predicted molar refractivity (Wildman–Crippen MR) is 46.7 cm³/mol. The van der Waals surface area contributed by atoms with E-state index in [1.54, 1.807) is 31.2 Å². The summed E-state index contributed by atoms with van der Waals surface area (Å²) in [5.41, 5.74) is 0.563. The lowest BCUT2D eigenvalue weighted by atomic mass is 10.2. The number of rotatable bonds is 2. The summed E-state index contributed by atoms with van der Waals surface area (Å²) < 4.78 is 4.89. The molecule has 0 heterocycles. The second-order valence-corrected chi connectivity index (χ2v) is 2.58. The van der Waals surface area contributed by atoms with E-state index in [2.05, 4.69) is 6.92 Å². The van der Waals surface area contributed by atoms with Crippen molar-refractivity contribution < 1.29 is 9.53 Å². The van der Waals surface area contributed by atoms with Gasteiger partial charge in [0.25, 0.3) is 0 Å². The summed E-state index contributed by atoms with van der Waals surface area (Å²) >= 11 is 0. The van der Waals surface area contributed by atoms with Crippen molar-refractivity contribution in [3.05, 3.63) is 42.8 Å². The van der Waals surface area contributed by atoms with Gasteiger partial charge in [0, 0.05) is 0 Å². The monoisotopic (exact) mass is 163 g/mol. The third-order valence-corrected chi connectivity index (χ3v) is 1.32. The minimum absolute atomic E-state index is 0.308. The minimum Gasteiger partial charge on any atom is -0.459 e. The van der Waals surface area contributed by atoms with Crippen LogP contribution in [0.4, 0.5) is 0 Å². The van der Waals surface area contributed by atoms with Crippen LogP contribution in [0.2, 0.25) is 0 Å². The lowest BCUT2D eigenvalue weighted by Gasteiger charge is -2.06. The van der Waals surface area contributed by atoms with Crippen molar-refractivity contribution in [3.8, 4) is 0 Å². The summed E-state index contributed by atoms with van der Waals surface area (Å²) in [6.45, 7) is 5.28. The van der Waals surface area contributed by atoms with Crippen LogP contribution < -0.4 is 0 Å². The minimum atomic E-state index is -0.321. The molecule has 1 rings (SSSR count). The quantitative estimate of drug-likeness (QED) is 0.624. The van der Waals surface area contributed by atoms with E-state index < -0.39 is 0 Å². The molecular formula is C10H11O2. The molecule has 2 heteroatoms. The highest BCUT2D eigenvalue weighted by atomic mass is 16.5. The van der Waals surface area contributed by atoms with Crippen LogP contribution in [0, 0.1) is 6.92 Å². The molecule has 1 radical (unpaired) electrons. The van der Waals surface area contributed by atoms with Crippen LogP contribution in [-0.4, -0.2) is 12.1 Å². The number of benzene rings is 1. The van der Waals surface area contributed by atoms with Gasteiger partial charge in [-0.05, 0) is 26.0 Å². The first-order valence-electron chi connectivity index (χ1n) is 3.79. The molecule has 0 aliphatic carbocycles. The Morgan fingerprint density at radius 2 is 2.00 bits per heavy atom. The Bertz CT molecular complexity index is 252. The van der Waals surface area contributed by atoms with Crippen molar-refractivity contribution in [2.45, 2.75) is 13.0 Å². The van der Waals surface area contributed by atoms with Gasteiger partial charge in [-0.2, -0.15) is 0 Å². The van der Waals surface area contributed by atoms with Gasteiger partial charge in [-0.15, -0.1) is 0 Å². The highest BCUT2D eigenvalue weighted by molar-refractivity contribution is 5.89. The summed E-state index contributed by atoms with van der Waals surface area (Å²) in [4.78, 5) is 11.2. The Morgan fingerprint density at radius 3 is 2.50 bits per heavy atom. The van der Waals surface area contributed by atoms with Crippen molar-refractivity contribution in [2.75, 3.05) is 0 Å². The van der Waals surface area contributed by atoms with E-state index in [9.17, 15) is 4.79 Å². The fraction of sp³-hybridized carbons (Fsp3) is 0.200. The van der Waals surface area contributed by atoms with Gasteiger partial charge in [-0.1, -0.05) is 18.2 Å². The summed E-state index contributed by atoms with van der Waals surface area (Å²) in [5.74, 6) is -0.321. The smallest absolute Gasteiger partial charge is 0.338 e. The van der Waals surface area contributed by atoms with Gasteiger partial charge >= 0.3 is 5.97 Å². The fourth-order valence-corrected chi connectivity index (χ4v) is 0.825. The number of ether oxygens (including phenoxy) is 1. The predicted octanol–water partition coefficient (Wildman–Crippen LogP) is 2.07. The lowest BCUT2D eigenvalue weighted by Crippen LogP contribution is -2.11. The molecule has 0 N–H and O–H groups in total. The molecule has 0 saturated heterocycles. The Hall–Kier alpha value is -1.31. The zero-order chi connectivity index (χ0) is 8.97. The molecule has 1 atom stereocenters. The molecule has 0 aliphatic heterocycles. The largest absolute Gasteiger partial charge is 0.459 e. The summed E-state index contributed by atoms with van der Waals surface area (Å²) in [7, 11) is 0. The van der Waals surface area contributed by atoms with E-state index in [0.29, 0.717) is 5.56 Å². The summed E-state index contributed by atoms with van der Waals surface area (Å²) in [5, 5.41) is 0. The van der Waals surface area contributed by atoms with Crippen LogP contribution in [0.15, 0.2) is 30.3 Å². The van der Waals surface area contributed by atoms with Crippen LogP contribution in [0.3, 0.4) is 0 Å². The first kappa shape index (κ1) is 8.78. The maximum atomic E-state index is 11.2. The van der Waals surface area contributed by atoms with E-state index in [-0.39, 0.29) is 12.1 Å². The maximum Gasteiger partial charge on any atom is 0.338 e. The van der Waals surface area contributed by atoms with Crippen molar-refractivity contribution in [1.29, 1.82) is 0 Å². The molecule has 0 aromatic heterocycles. The van der Waals surface area contributed by atoms with Crippen LogP contribution in [0.1, 0.15) is 17.3 Å². The topological polar surface area (TPSA) is 26.3 Å². The SMILES string of the molecule is [CH2]C(C)OC(=O)c1ccccc1. The number of esters is 1. The van der Waals surface area contributed by atoms with Crippen molar-refractivity contribution >= 4 is 5.97 Å². The highest BCUT2D eigenvalue weighted by Crippen LogP contribution is 2.02. The molecule has 2 nitrogen and oxygen atoms in total. The molecule has 0 spiro atoms. The lowest BCUT2D eigenvalue weighted by molar-refractivity contribution is 0.0420. The van der Waals surface area contributed by atoms with Crippen molar-refractivity contribution in [1.82, 2.24) is 0 Å². The molecule has 63 valence electrons. The Kier molecular flexibility index (Phi) is 2.86. The first-order valence-corrected chi connectivity index (χ1v) is 3.79. The normalized spacial score (nSPS) is 9.92. The van der Waals surface area contributed by atoms with Crippen LogP contribution in [0.25, 0.3) is 0 Å². The fourth-order valence-electron chi connectivity index (χ4n) is 0.825. The Labute approximate surface area is 72.2 Å². The van der Waals surface area contributed by atoms with Crippen molar-refractivity contribution in [2.24, 2.45) is 0 Å². The van der Waals surface area contributed by atoms with Gasteiger partial charge in [0.05, 0.1) is 11.7 Å². The highest BCUT2D eigenvalue weighted by Gasteiger charge is 2.06. The zero-order valence-corrected chi connectivity index (χ0v) is 6.99. The average Bonchev–Trinajstić information content (AvgIpc) is 2.05. The van der Waals surface area contributed by atoms with E-state index in [4.69, 9.17) is 4.74 Å². The van der Waals surface area contributed by atoms with E-state index >= 15 is 0 Å². The Balaban J connectivity index is 2.66. The van der Waals surface area contributed by atoms with Gasteiger partial charge < -0.3 is 4.74 Å². The van der Waals surface area contributed by atoms with Gasteiger partial charge in [-0.3, -0.25) is 0 Å². The third kappa shape index (κ3) is 2.38. The molecule has 1 aromatic rings.